The topological polar surface area (TPSA) is 20.2 Å². The minimum absolute atomic E-state index is 0.286. The summed E-state index contributed by atoms with van der Waals surface area (Å²) in [5.74, 6) is 0.613. The Balaban J connectivity index is 2.63. The van der Waals surface area contributed by atoms with Crippen LogP contribution in [0.3, 0.4) is 0 Å². The molecule has 0 heterocycles. The molecule has 1 nitrogen and oxygen atoms in total. The molecule has 1 N–H and O–H groups in total. The van der Waals surface area contributed by atoms with Crippen molar-refractivity contribution in [1.29, 1.82) is 0 Å². The van der Waals surface area contributed by atoms with Crippen molar-refractivity contribution in [2.75, 3.05) is 0 Å². The summed E-state index contributed by atoms with van der Waals surface area (Å²) >= 11 is 0. The second kappa shape index (κ2) is 6.70. The molecule has 0 aliphatic heterocycles. The number of rotatable bonds is 6. The fourth-order valence-electron chi connectivity index (χ4n) is 1.85. The molecule has 0 saturated carbocycles. The normalized spacial score (nSPS) is 14.8. The Morgan fingerprint density at radius 2 is 1.62 bits per heavy atom. The first-order valence-electron chi connectivity index (χ1n) is 6.46. The summed E-state index contributed by atoms with van der Waals surface area (Å²) in [6, 6.07) is 8.45. The van der Waals surface area contributed by atoms with Crippen LogP contribution in [0, 0.1) is 0 Å². The highest BCUT2D eigenvalue weighted by Gasteiger charge is 2.08. The van der Waals surface area contributed by atoms with E-state index in [0.717, 1.165) is 31.2 Å². The van der Waals surface area contributed by atoms with E-state index >= 15 is 0 Å². The maximum atomic E-state index is 9.94. The molecule has 0 fully saturated rings. The molecule has 2 atom stereocenters. The molecular weight excluding hydrogens is 196 g/mol. The third-order valence-electron chi connectivity index (χ3n) is 3.33. The van der Waals surface area contributed by atoms with E-state index in [4.69, 9.17) is 0 Å². The van der Waals surface area contributed by atoms with Crippen LogP contribution in [0.4, 0.5) is 0 Å². The lowest BCUT2D eigenvalue weighted by molar-refractivity contribution is 0.164. The fourth-order valence-corrected chi connectivity index (χ4v) is 1.85. The SMILES string of the molecule is CCCCC(O)c1ccc(C(C)CC)cc1. The number of benzene rings is 1. The average molecular weight is 220 g/mol. The highest BCUT2D eigenvalue weighted by molar-refractivity contribution is 5.26. The van der Waals surface area contributed by atoms with Crippen molar-refractivity contribution in [1.82, 2.24) is 0 Å². The van der Waals surface area contributed by atoms with Crippen LogP contribution >= 0.6 is 0 Å². The van der Waals surface area contributed by atoms with Crippen LogP contribution < -0.4 is 0 Å². The highest BCUT2D eigenvalue weighted by atomic mass is 16.3. The van der Waals surface area contributed by atoms with E-state index in [9.17, 15) is 5.11 Å². The average Bonchev–Trinajstić information content (AvgIpc) is 2.35. The second-order valence-electron chi connectivity index (χ2n) is 4.63. The summed E-state index contributed by atoms with van der Waals surface area (Å²) < 4.78 is 0. The van der Waals surface area contributed by atoms with Crippen LogP contribution in [-0.2, 0) is 0 Å². The largest absolute Gasteiger partial charge is 0.388 e. The van der Waals surface area contributed by atoms with Crippen LogP contribution in [0.15, 0.2) is 24.3 Å². The molecule has 0 bridgehead atoms. The minimum Gasteiger partial charge on any atom is -0.388 e. The molecule has 1 rings (SSSR count). The van der Waals surface area contributed by atoms with E-state index < -0.39 is 0 Å². The fraction of sp³-hybridized carbons (Fsp3) is 0.600. The van der Waals surface area contributed by atoms with Gasteiger partial charge in [-0.1, -0.05) is 57.9 Å². The van der Waals surface area contributed by atoms with Crippen molar-refractivity contribution in [2.45, 2.75) is 58.5 Å². The van der Waals surface area contributed by atoms with Crippen LogP contribution in [0.5, 0.6) is 0 Å². The summed E-state index contributed by atoms with van der Waals surface area (Å²) in [6.07, 6.45) is 3.98. The van der Waals surface area contributed by atoms with Gasteiger partial charge < -0.3 is 5.11 Å². The lowest BCUT2D eigenvalue weighted by atomic mass is 9.95. The predicted octanol–water partition coefficient (Wildman–Crippen LogP) is 4.42. The van der Waals surface area contributed by atoms with Gasteiger partial charge in [0.15, 0.2) is 0 Å². The molecule has 2 unspecified atom stereocenters. The summed E-state index contributed by atoms with van der Waals surface area (Å²) in [5.41, 5.74) is 2.43. The van der Waals surface area contributed by atoms with Crippen molar-refractivity contribution in [3.8, 4) is 0 Å². The summed E-state index contributed by atoms with van der Waals surface area (Å²) in [4.78, 5) is 0. The van der Waals surface area contributed by atoms with Gasteiger partial charge in [0.1, 0.15) is 0 Å². The molecule has 0 aliphatic rings. The molecule has 16 heavy (non-hydrogen) atoms. The summed E-state index contributed by atoms with van der Waals surface area (Å²) in [6.45, 7) is 6.59. The molecule has 90 valence electrons. The van der Waals surface area contributed by atoms with Gasteiger partial charge >= 0.3 is 0 Å². The molecule has 1 aromatic rings. The Kier molecular flexibility index (Phi) is 5.54. The third-order valence-corrected chi connectivity index (χ3v) is 3.33. The smallest absolute Gasteiger partial charge is 0.0790 e. The Bertz CT molecular complexity index is 289. The first-order chi connectivity index (χ1) is 7.69. The lowest BCUT2D eigenvalue weighted by Gasteiger charge is -2.13. The molecule has 0 aromatic heterocycles. The standard InChI is InChI=1S/C15H24O/c1-4-6-7-15(16)14-10-8-13(9-11-14)12(3)5-2/h8-12,15-16H,4-7H2,1-3H3. The third kappa shape index (κ3) is 3.64. The molecule has 0 saturated heterocycles. The highest BCUT2D eigenvalue weighted by Crippen LogP contribution is 2.23. The molecule has 1 heteroatoms. The van der Waals surface area contributed by atoms with E-state index in [-0.39, 0.29) is 6.10 Å². The van der Waals surface area contributed by atoms with Crippen molar-refractivity contribution in [3.63, 3.8) is 0 Å². The van der Waals surface area contributed by atoms with Crippen molar-refractivity contribution in [2.24, 2.45) is 0 Å². The zero-order chi connectivity index (χ0) is 12.0. The molecule has 0 aliphatic carbocycles. The number of unbranched alkanes of at least 4 members (excludes halogenated alkanes) is 1. The molecule has 0 amide bonds. The lowest BCUT2D eigenvalue weighted by Crippen LogP contribution is -1.98. The molecule has 1 aromatic carbocycles. The quantitative estimate of drug-likeness (QED) is 0.752. The van der Waals surface area contributed by atoms with Crippen molar-refractivity contribution < 1.29 is 5.11 Å². The summed E-state index contributed by atoms with van der Waals surface area (Å²) in [7, 11) is 0. The van der Waals surface area contributed by atoms with Gasteiger partial charge in [0.05, 0.1) is 6.10 Å². The first-order valence-corrected chi connectivity index (χ1v) is 6.46. The maximum Gasteiger partial charge on any atom is 0.0790 e. The first kappa shape index (κ1) is 13.2. The Morgan fingerprint density at radius 3 is 2.12 bits per heavy atom. The van der Waals surface area contributed by atoms with Gasteiger partial charge in [0.2, 0.25) is 0 Å². The Morgan fingerprint density at radius 1 is 1.06 bits per heavy atom. The summed E-state index contributed by atoms with van der Waals surface area (Å²) in [5, 5.41) is 9.94. The Hall–Kier alpha value is -0.820. The predicted molar refractivity (Wildman–Crippen MR) is 69.6 cm³/mol. The van der Waals surface area contributed by atoms with E-state index in [1.54, 1.807) is 0 Å². The Labute approximate surface area is 99.5 Å². The van der Waals surface area contributed by atoms with Crippen LogP contribution in [0.25, 0.3) is 0 Å². The van der Waals surface area contributed by atoms with Crippen molar-refractivity contribution >= 4 is 0 Å². The number of hydrogen-bond donors (Lipinski definition) is 1. The van der Waals surface area contributed by atoms with Gasteiger partial charge in [0, 0.05) is 0 Å². The van der Waals surface area contributed by atoms with E-state index in [0.29, 0.717) is 5.92 Å². The van der Waals surface area contributed by atoms with Gasteiger partial charge in [-0.05, 0) is 29.9 Å². The number of aliphatic hydroxyl groups is 1. The maximum absolute atomic E-state index is 9.94. The zero-order valence-electron chi connectivity index (χ0n) is 10.7. The van der Waals surface area contributed by atoms with Gasteiger partial charge in [-0.2, -0.15) is 0 Å². The van der Waals surface area contributed by atoms with Gasteiger partial charge in [-0.3, -0.25) is 0 Å². The van der Waals surface area contributed by atoms with Crippen LogP contribution in [0.1, 0.15) is 69.6 Å². The van der Waals surface area contributed by atoms with E-state index in [2.05, 4.69) is 45.0 Å². The molecule has 0 spiro atoms. The van der Waals surface area contributed by atoms with Crippen LogP contribution in [0.2, 0.25) is 0 Å². The molecular formula is C15H24O. The van der Waals surface area contributed by atoms with Gasteiger partial charge in [0.25, 0.3) is 0 Å². The molecule has 0 radical (unpaired) electrons. The zero-order valence-corrected chi connectivity index (χ0v) is 10.7. The van der Waals surface area contributed by atoms with E-state index in [1.165, 1.54) is 5.56 Å². The van der Waals surface area contributed by atoms with Gasteiger partial charge in [-0.25, -0.2) is 0 Å². The second-order valence-corrected chi connectivity index (χ2v) is 4.63. The number of aliphatic hydroxyl groups excluding tert-OH is 1. The van der Waals surface area contributed by atoms with E-state index in [1.807, 2.05) is 0 Å². The minimum atomic E-state index is -0.286. The van der Waals surface area contributed by atoms with Gasteiger partial charge in [-0.15, -0.1) is 0 Å². The number of hydrogen-bond acceptors (Lipinski definition) is 1. The monoisotopic (exact) mass is 220 g/mol. The van der Waals surface area contributed by atoms with Crippen molar-refractivity contribution in [3.05, 3.63) is 35.4 Å². The van der Waals surface area contributed by atoms with Crippen LogP contribution in [-0.4, -0.2) is 5.11 Å².